The van der Waals surface area contributed by atoms with Crippen molar-refractivity contribution in [2.75, 3.05) is 32.8 Å². The van der Waals surface area contributed by atoms with E-state index in [0.29, 0.717) is 25.7 Å². The van der Waals surface area contributed by atoms with E-state index in [2.05, 4.69) is 47.5 Å². The molecule has 1 amide bonds. The number of hydrogen-bond donors (Lipinski definition) is 2. The van der Waals surface area contributed by atoms with Crippen LogP contribution in [0.5, 0.6) is 0 Å². The van der Waals surface area contributed by atoms with Gasteiger partial charge in [0.15, 0.2) is 0 Å². The molecule has 0 bridgehead atoms. The maximum atomic E-state index is 12.8. The molecule has 0 aromatic heterocycles. The Kier molecular flexibility index (Phi) is 6.10. The van der Waals surface area contributed by atoms with Crippen LogP contribution in [-0.2, 0) is 16.1 Å². The van der Waals surface area contributed by atoms with Gasteiger partial charge in [0.1, 0.15) is 0 Å². The summed E-state index contributed by atoms with van der Waals surface area (Å²) in [5, 5.41) is 3.27. The van der Waals surface area contributed by atoms with E-state index in [1.165, 1.54) is 5.56 Å². The molecule has 2 heterocycles. The van der Waals surface area contributed by atoms with Crippen molar-refractivity contribution < 1.29 is 9.53 Å². The first-order valence-electron chi connectivity index (χ1n) is 9.48. The highest BCUT2D eigenvalue weighted by Gasteiger charge is 2.40. The van der Waals surface area contributed by atoms with Crippen LogP contribution < -0.4 is 11.1 Å². The second-order valence-electron chi connectivity index (χ2n) is 7.63. The molecular weight excluding hydrogens is 314 g/mol. The number of carbonyl (C=O) groups is 1. The summed E-state index contributed by atoms with van der Waals surface area (Å²) < 4.78 is 5.41. The molecule has 2 fully saturated rings. The van der Waals surface area contributed by atoms with E-state index < -0.39 is 5.41 Å². The third-order valence-electron chi connectivity index (χ3n) is 5.95. The number of nitrogens with zero attached hydrogens (tertiary/aromatic N) is 1. The van der Waals surface area contributed by atoms with Crippen LogP contribution in [0.1, 0.15) is 31.7 Å². The molecule has 0 aliphatic carbocycles. The molecule has 5 heteroatoms. The zero-order chi connectivity index (χ0) is 17.7. The molecule has 5 nitrogen and oxygen atoms in total. The standard InChI is InChI=1S/C20H31N3O2/c1-16(22-19(24)20(15-21)8-11-25-12-9-20)18-7-10-23(14-18)13-17-5-3-2-4-6-17/h2-6,16,18H,7-15,21H2,1H3,(H,22,24). The van der Waals surface area contributed by atoms with E-state index in [-0.39, 0.29) is 11.9 Å². The van der Waals surface area contributed by atoms with E-state index in [0.717, 1.165) is 38.9 Å². The molecule has 2 aliphatic rings. The summed E-state index contributed by atoms with van der Waals surface area (Å²) in [6, 6.07) is 10.8. The molecule has 3 rings (SSSR count). The Hall–Kier alpha value is -1.43. The molecule has 0 saturated carbocycles. The molecule has 0 radical (unpaired) electrons. The number of benzene rings is 1. The van der Waals surface area contributed by atoms with Gasteiger partial charge in [0.05, 0.1) is 5.41 Å². The number of carbonyl (C=O) groups excluding carboxylic acids is 1. The van der Waals surface area contributed by atoms with Gasteiger partial charge in [0, 0.05) is 38.9 Å². The lowest BCUT2D eigenvalue weighted by molar-refractivity contribution is -0.136. The summed E-state index contributed by atoms with van der Waals surface area (Å²) in [7, 11) is 0. The minimum Gasteiger partial charge on any atom is -0.381 e. The van der Waals surface area contributed by atoms with Gasteiger partial charge < -0.3 is 15.8 Å². The Morgan fingerprint density at radius 1 is 1.36 bits per heavy atom. The quantitative estimate of drug-likeness (QED) is 0.825. The van der Waals surface area contributed by atoms with Gasteiger partial charge in [0.25, 0.3) is 0 Å². The Labute approximate surface area is 150 Å². The van der Waals surface area contributed by atoms with Gasteiger partial charge in [0.2, 0.25) is 5.91 Å². The van der Waals surface area contributed by atoms with Crippen LogP contribution in [0.15, 0.2) is 30.3 Å². The second kappa shape index (κ2) is 8.30. The van der Waals surface area contributed by atoms with Crippen molar-refractivity contribution in [2.45, 2.75) is 38.8 Å². The summed E-state index contributed by atoms with van der Waals surface area (Å²) in [5.74, 6) is 0.620. The molecule has 138 valence electrons. The van der Waals surface area contributed by atoms with Crippen molar-refractivity contribution in [1.29, 1.82) is 0 Å². The molecule has 2 atom stereocenters. The summed E-state index contributed by atoms with van der Waals surface area (Å²) in [6.07, 6.45) is 2.59. The van der Waals surface area contributed by atoms with Crippen LogP contribution >= 0.6 is 0 Å². The lowest BCUT2D eigenvalue weighted by Crippen LogP contribution is -2.52. The number of amides is 1. The molecule has 2 unspecified atom stereocenters. The van der Waals surface area contributed by atoms with Crippen LogP contribution in [0, 0.1) is 11.3 Å². The molecular formula is C20H31N3O2. The van der Waals surface area contributed by atoms with Crippen LogP contribution in [0.25, 0.3) is 0 Å². The zero-order valence-corrected chi connectivity index (χ0v) is 15.2. The summed E-state index contributed by atoms with van der Waals surface area (Å²) in [4.78, 5) is 15.3. The van der Waals surface area contributed by atoms with Crippen molar-refractivity contribution in [3.8, 4) is 0 Å². The number of ether oxygens (including phenoxy) is 1. The Bertz CT molecular complexity index is 557. The Morgan fingerprint density at radius 3 is 2.76 bits per heavy atom. The van der Waals surface area contributed by atoms with Gasteiger partial charge in [-0.25, -0.2) is 0 Å². The van der Waals surface area contributed by atoms with Gasteiger partial charge in [-0.15, -0.1) is 0 Å². The van der Waals surface area contributed by atoms with Crippen LogP contribution in [0.3, 0.4) is 0 Å². The molecule has 25 heavy (non-hydrogen) atoms. The Balaban J connectivity index is 1.51. The first-order valence-corrected chi connectivity index (χ1v) is 9.48. The van der Waals surface area contributed by atoms with Gasteiger partial charge in [-0.05, 0) is 44.2 Å². The Morgan fingerprint density at radius 2 is 2.08 bits per heavy atom. The van der Waals surface area contributed by atoms with E-state index in [9.17, 15) is 4.79 Å². The van der Waals surface area contributed by atoms with Gasteiger partial charge in [-0.2, -0.15) is 0 Å². The number of likely N-dealkylation sites (tertiary alicyclic amines) is 1. The van der Waals surface area contributed by atoms with Crippen molar-refractivity contribution in [3.63, 3.8) is 0 Å². The predicted octanol–water partition coefficient (Wildman–Crippen LogP) is 1.77. The zero-order valence-electron chi connectivity index (χ0n) is 15.2. The molecule has 2 saturated heterocycles. The lowest BCUT2D eigenvalue weighted by Gasteiger charge is -2.36. The highest BCUT2D eigenvalue weighted by molar-refractivity contribution is 5.83. The minimum atomic E-state index is -0.436. The van der Waals surface area contributed by atoms with E-state index >= 15 is 0 Å². The average molecular weight is 345 g/mol. The molecule has 3 N–H and O–H groups in total. The average Bonchev–Trinajstić information content (AvgIpc) is 3.11. The first kappa shape index (κ1) is 18.4. The normalized spacial score (nSPS) is 24.8. The van der Waals surface area contributed by atoms with Crippen molar-refractivity contribution in [1.82, 2.24) is 10.2 Å². The first-order chi connectivity index (χ1) is 12.1. The van der Waals surface area contributed by atoms with Crippen LogP contribution in [-0.4, -0.2) is 49.7 Å². The third-order valence-corrected chi connectivity index (χ3v) is 5.95. The van der Waals surface area contributed by atoms with Crippen molar-refractivity contribution in [2.24, 2.45) is 17.1 Å². The molecule has 0 spiro atoms. The van der Waals surface area contributed by atoms with Crippen LogP contribution in [0.4, 0.5) is 0 Å². The van der Waals surface area contributed by atoms with Gasteiger partial charge >= 0.3 is 0 Å². The summed E-state index contributed by atoms with van der Waals surface area (Å²) in [5.41, 5.74) is 6.87. The topological polar surface area (TPSA) is 67.6 Å². The smallest absolute Gasteiger partial charge is 0.227 e. The van der Waals surface area contributed by atoms with Crippen molar-refractivity contribution >= 4 is 5.91 Å². The monoisotopic (exact) mass is 345 g/mol. The van der Waals surface area contributed by atoms with Crippen LogP contribution in [0.2, 0.25) is 0 Å². The number of rotatable bonds is 6. The number of nitrogens with one attached hydrogen (secondary N) is 1. The molecule has 1 aromatic rings. The maximum Gasteiger partial charge on any atom is 0.227 e. The fourth-order valence-corrected chi connectivity index (χ4v) is 4.02. The SMILES string of the molecule is CC(NC(=O)C1(CN)CCOCC1)C1CCN(Cc2ccccc2)C1. The second-order valence-corrected chi connectivity index (χ2v) is 7.63. The summed E-state index contributed by atoms with van der Waals surface area (Å²) >= 11 is 0. The van der Waals surface area contributed by atoms with E-state index in [1.807, 2.05) is 0 Å². The fourth-order valence-electron chi connectivity index (χ4n) is 4.02. The van der Waals surface area contributed by atoms with E-state index in [1.54, 1.807) is 0 Å². The highest BCUT2D eigenvalue weighted by atomic mass is 16.5. The third kappa shape index (κ3) is 4.40. The van der Waals surface area contributed by atoms with Gasteiger partial charge in [-0.3, -0.25) is 9.69 Å². The lowest BCUT2D eigenvalue weighted by atomic mass is 9.79. The molecule has 2 aliphatic heterocycles. The largest absolute Gasteiger partial charge is 0.381 e. The maximum absolute atomic E-state index is 12.8. The summed E-state index contributed by atoms with van der Waals surface area (Å²) in [6.45, 7) is 6.92. The highest BCUT2D eigenvalue weighted by Crippen LogP contribution is 2.30. The fraction of sp³-hybridized carbons (Fsp3) is 0.650. The number of hydrogen-bond acceptors (Lipinski definition) is 4. The van der Waals surface area contributed by atoms with E-state index in [4.69, 9.17) is 10.5 Å². The molecule has 1 aromatic carbocycles. The predicted molar refractivity (Wildman–Crippen MR) is 99.0 cm³/mol. The minimum absolute atomic E-state index is 0.118. The van der Waals surface area contributed by atoms with Crippen molar-refractivity contribution in [3.05, 3.63) is 35.9 Å². The number of nitrogens with two attached hydrogens (primary N) is 1. The van der Waals surface area contributed by atoms with Gasteiger partial charge in [-0.1, -0.05) is 30.3 Å².